The molecule has 1 N–H and O–H groups in total. The van der Waals surface area contributed by atoms with E-state index in [0.717, 1.165) is 13.0 Å². The number of piperidine rings is 1. The zero-order chi connectivity index (χ0) is 11.1. The maximum Gasteiger partial charge on any atom is 0.307 e. The Balaban J connectivity index is 2.26. The highest BCUT2D eigenvalue weighted by atomic mass is 16.5. The minimum absolute atomic E-state index is 0.139. The monoisotopic (exact) mass is 215 g/mol. The van der Waals surface area contributed by atoms with Gasteiger partial charge in [-0.25, -0.2) is 0 Å². The van der Waals surface area contributed by atoms with Gasteiger partial charge in [0.1, 0.15) is 0 Å². The first-order chi connectivity index (χ1) is 7.27. The van der Waals surface area contributed by atoms with E-state index in [4.69, 9.17) is 4.74 Å². The molecular formula is C11H21NO3. The van der Waals surface area contributed by atoms with Gasteiger partial charge in [0.05, 0.1) is 19.6 Å². The zero-order valence-corrected chi connectivity index (χ0v) is 9.45. The number of esters is 1. The molecule has 1 unspecified atom stereocenters. The van der Waals surface area contributed by atoms with Crippen LogP contribution in [0.25, 0.3) is 0 Å². The van der Waals surface area contributed by atoms with Crippen LogP contribution in [0.2, 0.25) is 0 Å². The maximum absolute atomic E-state index is 11.2. The third-order valence-electron chi connectivity index (χ3n) is 2.87. The fourth-order valence-corrected chi connectivity index (χ4v) is 2.03. The second-order valence-electron chi connectivity index (χ2n) is 3.92. The number of carbonyl (C=O) groups excluding carboxylic acids is 1. The number of rotatable bonds is 5. The van der Waals surface area contributed by atoms with Crippen molar-refractivity contribution in [2.45, 2.75) is 38.6 Å². The fourth-order valence-electron chi connectivity index (χ4n) is 2.03. The number of carbonyl (C=O) groups is 1. The third kappa shape index (κ3) is 4.18. The van der Waals surface area contributed by atoms with Gasteiger partial charge in [0.15, 0.2) is 0 Å². The molecule has 1 saturated heterocycles. The van der Waals surface area contributed by atoms with Crippen molar-refractivity contribution in [3.8, 4) is 0 Å². The second kappa shape index (κ2) is 6.80. The number of likely N-dealkylation sites (tertiary alicyclic amines) is 1. The smallest absolute Gasteiger partial charge is 0.307 e. The molecule has 0 aromatic heterocycles. The van der Waals surface area contributed by atoms with E-state index in [-0.39, 0.29) is 18.6 Å². The van der Waals surface area contributed by atoms with Crippen molar-refractivity contribution in [3.63, 3.8) is 0 Å². The van der Waals surface area contributed by atoms with Crippen LogP contribution in [0.15, 0.2) is 0 Å². The van der Waals surface area contributed by atoms with Gasteiger partial charge in [0.2, 0.25) is 0 Å². The zero-order valence-electron chi connectivity index (χ0n) is 9.45. The Bertz CT molecular complexity index is 196. The molecule has 0 aromatic rings. The summed E-state index contributed by atoms with van der Waals surface area (Å²) >= 11 is 0. The normalized spacial score (nSPS) is 22.7. The van der Waals surface area contributed by atoms with E-state index in [1.165, 1.54) is 12.8 Å². The van der Waals surface area contributed by atoms with Gasteiger partial charge >= 0.3 is 5.97 Å². The van der Waals surface area contributed by atoms with Crippen LogP contribution in [0, 0.1) is 0 Å². The minimum atomic E-state index is -0.139. The van der Waals surface area contributed by atoms with Crippen molar-refractivity contribution in [2.75, 3.05) is 26.3 Å². The lowest BCUT2D eigenvalue weighted by atomic mass is 10.0. The summed E-state index contributed by atoms with van der Waals surface area (Å²) in [6, 6.07) is 0.244. The number of aliphatic hydroxyl groups is 1. The molecule has 1 fully saturated rings. The summed E-state index contributed by atoms with van der Waals surface area (Å²) in [4.78, 5) is 13.4. The van der Waals surface area contributed by atoms with Crippen LogP contribution < -0.4 is 0 Å². The van der Waals surface area contributed by atoms with Crippen molar-refractivity contribution in [3.05, 3.63) is 0 Å². The first kappa shape index (κ1) is 12.5. The van der Waals surface area contributed by atoms with Crippen LogP contribution in [0.5, 0.6) is 0 Å². The molecule has 0 saturated carbocycles. The number of ether oxygens (including phenoxy) is 1. The summed E-state index contributed by atoms with van der Waals surface area (Å²) in [5.74, 6) is -0.139. The van der Waals surface area contributed by atoms with E-state index in [9.17, 15) is 9.90 Å². The van der Waals surface area contributed by atoms with Crippen molar-refractivity contribution in [1.82, 2.24) is 4.90 Å². The van der Waals surface area contributed by atoms with Crippen molar-refractivity contribution >= 4 is 5.97 Å². The minimum Gasteiger partial charge on any atom is -0.466 e. The number of aliphatic hydroxyl groups excluding tert-OH is 1. The first-order valence-corrected chi connectivity index (χ1v) is 5.78. The van der Waals surface area contributed by atoms with Gasteiger partial charge < -0.3 is 9.84 Å². The molecule has 0 aliphatic carbocycles. The molecule has 0 aromatic carbocycles. The lowest BCUT2D eigenvalue weighted by molar-refractivity contribution is -0.143. The maximum atomic E-state index is 11.2. The van der Waals surface area contributed by atoms with Gasteiger partial charge in [-0.1, -0.05) is 6.42 Å². The Morgan fingerprint density at radius 3 is 3.00 bits per heavy atom. The average molecular weight is 215 g/mol. The molecule has 0 bridgehead atoms. The van der Waals surface area contributed by atoms with Gasteiger partial charge in [0.25, 0.3) is 0 Å². The SMILES string of the molecule is CCOC(=O)CCN1CCCCC1CO. The van der Waals surface area contributed by atoms with E-state index in [1.54, 1.807) is 0 Å². The molecular weight excluding hydrogens is 194 g/mol. The quantitative estimate of drug-likeness (QED) is 0.689. The van der Waals surface area contributed by atoms with E-state index in [1.807, 2.05) is 6.92 Å². The molecule has 0 spiro atoms. The van der Waals surface area contributed by atoms with Crippen LogP contribution in [0.4, 0.5) is 0 Å². The van der Waals surface area contributed by atoms with Gasteiger partial charge in [0, 0.05) is 12.6 Å². The molecule has 4 nitrogen and oxygen atoms in total. The van der Waals surface area contributed by atoms with E-state index in [0.29, 0.717) is 19.6 Å². The molecule has 0 radical (unpaired) electrons. The summed E-state index contributed by atoms with van der Waals surface area (Å²) in [5.41, 5.74) is 0. The Morgan fingerprint density at radius 1 is 1.53 bits per heavy atom. The van der Waals surface area contributed by atoms with Crippen LogP contribution in [-0.2, 0) is 9.53 Å². The molecule has 4 heteroatoms. The Labute approximate surface area is 91.2 Å². The number of nitrogens with zero attached hydrogens (tertiary/aromatic N) is 1. The van der Waals surface area contributed by atoms with Crippen molar-refractivity contribution < 1.29 is 14.6 Å². The second-order valence-corrected chi connectivity index (χ2v) is 3.92. The van der Waals surface area contributed by atoms with Crippen molar-refractivity contribution in [2.24, 2.45) is 0 Å². The Hall–Kier alpha value is -0.610. The fraction of sp³-hybridized carbons (Fsp3) is 0.909. The van der Waals surface area contributed by atoms with Gasteiger partial charge in [-0.2, -0.15) is 0 Å². The average Bonchev–Trinajstić information content (AvgIpc) is 2.27. The Kier molecular flexibility index (Phi) is 5.65. The lowest BCUT2D eigenvalue weighted by Gasteiger charge is -2.34. The van der Waals surface area contributed by atoms with Gasteiger partial charge in [-0.05, 0) is 26.3 Å². The molecule has 88 valence electrons. The standard InChI is InChI=1S/C11H21NO3/c1-2-15-11(14)6-8-12-7-4-3-5-10(12)9-13/h10,13H,2-9H2,1H3. The molecule has 1 heterocycles. The Morgan fingerprint density at radius 2 is 2.33 bits per heavy atom. The molecule has 1 aliphatic rings. The molecule has 0 amide bonds. The summed E-state index contributed by atoms with van der Waals surface area (Å²) in [5, 5.41) is 9.17. The van der Waals surface area contributed by atoms with E-state index in [2.05, 4.69) is 4.90 Å². The predicted molar refractivity (Wildman–Crippen MR) is 57.5 cm³/mol. The molecule has 1 rings (SSSR count). The van der Waals surface area contributed by atoms with Crippen LogP contribution >= 0.6 is 0 Å². The van der Waals surface area contributed by atoms with Crippen LogP contribution in [-0.4, -0.2) is 48.3 Å². The number of hydrogen-bond acceptors (Lipinski definition) is 4. The topological polar surface area (TPSA) is 49.8 Å². The van der Waals surface area contributed by atoms with Gasteiger partial charge in [-0.15, -0.1) is 0 Å². The summed E-state index contributed by atoms with van der Waals surface area (Å²) in [6.45, 7) is 4.16. The van der Waals surface area contributed by atoms with E-state index >= 15 is 0 Å². The van der Waals surface area contributed by atoms with E-state index < -0.39 is 0 Å². The number of hydrogen-bond donors (Lipinski definition) is 1. The van der Waals surface area contributed by atoms with Crippen molar-refractivity contribution in [1.29, 1.82) is 0 Å². The van der Waals surface area contributed by atoms with Crippen LogP contribution in [0.3, 0.4) is 0 Å². The molecule has 1 aliphatic heterocycles. The molecule has 1 atom stereocenters. The first-order valence-electron chi connectivity index (χ1n) is 5.78. The summed E-state index contributed by atoms with van der Waals surface area (Å²) in [6.07, 6.45) is 3.82. The lowest BCUT2D eigenvalue weighted by Crippen LogP contribution is -2.42. The highest BCUT2D eigenvalue weighted by molar-refractivity contribution is 5.69. The summed E-state index contributed by atoms with van der Waals surface area (Å²) in [7, 11) is 0. The largest absolute Gasteiger partial charge is 0.466 e. The summed E-state index contributed by atoms with van der Waals surface area (Å²) < 4.78 is 4.87. The van der Waals surface area contributed by atoms with Crippen LogP contribution in [0.1, 0.15) is 32.6 Å². The van der Waals surface area contributed by atoms with Gasteiger partial charge in [-0.3, -0.25) is 9.69 Å². The predicted octanol–water partition coefficient (Wildman–Crippen LogP) is 0.786. The molecule has 15 heavy (non-hydrogen) atoms. The highest BCUT2D eigenvalue weighted by Crippen LogP contribution is 2.16. The highest BCUT2D eigenvalue weighted by Gasteiger charge is 2.21. The third-order valence-corrected chi connectivity index (χ3v) is 2.87.